The van der Waals surface area contributed by atoms with Gasteiger partial charge in [0.1, 0.15) is 19.3 Å². The molecule has 0 saturated carbocycles. The Bertz CT molecular complexity index is 2060. The van der Waals surface area contributed by atoms with Gasteiger partial charge in [-0.15, -0.1) is 0 Å². The van der Waals surface area contributed by atoms with E-state index in [1.807, 2.05) is 0 Å². The average molecular weight is 1550 g/mol. The van der Waals surface area contributed by atoms with Gasteiger partial charge in [0.25, 0.3) is 0 Å². The van der Waals surface area contributed by atoms with E-state index in [4.69, 9.17) is 37.0 Å². The number of hydrogen-bond donors (Lipinski definition) is 3. The number of phosphoric acid groups is 2. The van der Waals surface area contributed by atoms with Gasteiger partial charge in [-0.3, -0.25) is 37.3 Å². The van der Waals surface area contributed by atoms with Gasteiger partial charge in [0, 0.05) is 25.7 Å². The molecule has 17 nitrogen and oxygen atoms in total. The topological polar surface area (TPSA) is 237 Å². The zero-order valence-electron chi connectivity index (χ0n) is 70.1. The van der Waals surface area contributed by atoms with Crippen molar-refractivity contribution in [3.05, 3.63) is 0 Å². The maximum absolute atomic E-state index is 13.2. The summed E-state index contributed by atoms with van der Waals surface area (Å²) in [6.45, 7) is 14.4. The van der Waals surface area contributed by atoms with Crippen LogP contribution >= 0.6 is 15.6 Å². The molecule has 0 aromatic heterocycles. The Morgan fingerprint density at radius 2 is 0.453 bits per heavy atom. The minimum Gasteiger partial charge on any atom is -0.462 e. The second kappa shape index (κ2) is 75.7. The SMILES string of the molecule is CCC(C)CCCCCCCCCCCCCCCCC(=O)O[C@H](COC(=O)CCCCCCCCCCCCCCCCCCC(C)C)COP(=O)(O)OCC(O)COP(=O)(O)OC[C@@H](COC(=O)CCCCCCCCCC(C)C)OC(=O)CCCCCCCCCCCCCCCCCCC(C)C. The first-order valence-electron chi connectivity index (χ1n) is 44.7. The first-order chi connectivity index (χ1) is 51.1. The first-order valence-corrected chi connectivity index (χ1v) is 47.7. The summed E-state index contributed by atoms with van der Waals surface area (Å²) in [6, 6.07) is 0. The first kappa shape index (κ1) is 104. The summed E-state index contributed by atoms with van der Waals surface area (Å²) in [4.78, 5) is 73.3. The van der Waals surface area contributed by atoms with Crippen molar-refractivity contribution in [1.29, 1.82) is 0 Å². The Hall–Kier alpha value is -1.94. The van der Waals surface area contributed by atoms with Crippen LogP contribution in [0.5, 0.6) is 0 Å². The molecular formula is C87H170O17P2. The molecule has 0 fully saturated rings. The molecule has 0 bridgehead atoms. The molecule has 3 N–H and O–H groups in total. The molecule has 0 aliphatic carbocycles. The Labute approximate surface area is 651 Å². The molecule has 0 rings (SSSR count). The van der Waals surface area contributed by atoms with Gasteiger partial charge >= 0.3 is 39.5 Å². The van der Waals surface area contributed by atoms with Crippen molar-refractivity contribution in [2.45, 2.75) is 472 Å². The smallest absolute Gasteiger partial charge is 0.462 e. The molecule has 19 heteroatoms. The van der Waals surface area contributed by atoms with Crippen molar-refractivity contribution in [2.24, 2.45) is 23.7 Å². The number of hydrogen-bond acceptors (Lipinski definition) is 15. The van der Waals surface area contributed by atoms with Gasteiger partial charge in [-0.25, -0.2) is 9.13 Å². The number of ether oxygens (including phenoxy) is 4. The van der Waals surface area contributed by atoms with Gasteiger partial charge < -0.3 is 33.8 Å². The van der Waals surface area contributed by atoms with E-state index in [2.05, 4.69) is 55.4 Å². The van der Waals surface area contributed by atoms with Gasteiger partial charge in [0.05, 0.1) is 26.4 Å². The number of aliphatic hydroxyl groups is 1. The second-order valence-electron chi connectivity index (χ2n) is 33.0. The van der Waals surface area contributed by atoms with E-state index in [0.717, 1.165) is 114 Å². The summed E-state index contributed by atoms with van der Waals surface area (Å²) < 4.78 is 68.9. The zero-order chi connectivity index (χ0) is 78.1. The summed E-state index contributed by atoms with van der Waals surface area (Å²) in [5.41, 5.74) is 0. The summed E-state index contributed by atoms with van der Waals surface area (Å²) in [6.07, 6.45) is 65.3. The molecule has 0 radical (unpaired) electrons. The molecule has 106 heavy (non-hydrogen) atoms. The van der Waals surface area contributed by atoms with Crippen LogP contribution in [0.4, 0.5) is 0 Å². The molecule has 0 aromatic carbocycles. The van der Waals surface area contributed by atoms with Crippen molar-refractivity contribution >= 4 is 39.5 Å². The number of rotatable bonds is 84. The molecule has 0 heterocycles. The summed E-state index contributed by atoms with van der Waals surface area (Å²) in [7, 11) is -9.93. The molecule has 630 valence electrons. The lowest BCUT2D eigenvalue weighted by Gasteiger charge is -2.21. The van der Waals surface area contributed by atoms with Crippen molar-refractivity contribution in [2.75, 3.05) is 39.6 Å². The largest absolute Gasteiger partial charge is 0.472 e. The summed E-state index contributed by atoms with van der Waals surface area (Å²) in [5, 5.41) is 10.7. The monoisotopic (exact) mass is 1550 g/mol. The summed E-state index contributed by atoms with van der Waals surface area (Å²) >= 11 is 0. The number of unbranched alkanes of at least 4 members (excludes halogenated alkanes) is 49. The highest BCUT2D eigenvalue weighted by molar-refractivity contribution is 7.47. The molecule has 4 unspecified atom stereocenters. The van der Waals surface area contributed by atoms with Crippen molar-refractivity contribution in [3.63, 3.8) is 0 Å². The lowest BCUT2D eigenvalue weighted by molar-refractivity contribution is -0.161. The maximum Gasteiger partial charge on any atom is 0.472 e. The third-order valence-electron chi connectivity index (χ3n) is 20.7. The zero-order valence-corrected chi connectivity index (χ0v) is 71.9. The Balaban J connectivity index is 5.23. The minimum atomic E-state index is -4.97. The Kier molecular flexibility index (Phi) is 74.3. The number of aliphatic hydroxyl groups excluding tert-OH is 1. The fraction of sp³-hybridized carbons (Fsp3) is 0.954. The number of carbonyl (C=O) groups is 4. The van der Waals surface area contributed by atoms with Crippen LogP contribution in [0.3, 0.4) is 0 Å². The van der Waals surface area contributed by atoms with E-state index in [0.29, 0.717) is 31.6 Å². The number of esters is 4. The van der Waals surface area contributed by atoms with E-state index < -0.39 is 97.5 Å². The van der Waals surface area contributed by atoms with Crippen LogP contribution in [0, 0.1) is 23.7 Å². The summed E-state index contributed by atoms with van der Waals surface area (Å²) in [5.74, 6) is 1.07. The van der Waals surface area contributed by atoms with E-state index in [9.17, 15) is 43.2 Å². The molecule has 0 amide bonds. The van der Waals surface area contributed by atoms with Crippen molar-refractivity contribution < 1.29 is 80.2 Å². The molecule has 0 saturated heterocycles. The van der Waals surface area contributed by atoms with Crippen molar-refractivity contribution in [1.82, 2.24) is 0 Å². The predicted molar refractivity (Wildman–Crippen MR) is 437 cm³/mol. The highest BCUT2D eigenvalue weighted by Gasteiger charge is 2.31. The molecule has 6 atom stereocenters. The van der Waals surface area contributed by atoms with Crippen LogP contribution in [0.15, 0.2) is 0 Å². The number of phosphoric ester groups is 2. The molecule has 0 aliphatic heterocycles. The van der Waals surface area contributed by atoms with Gasteiger partial charge in [-0.1, -0.05) is 402 Å². The van der Waals surface area contributed by atoms with Crippen LogP contribution in [-0.4, -0.2) is 96.7 Å². The van der Waals surface area contributed by atoms with E-state index in [-0.39, 0.29) is 25.7 Å². The predicted octanol–water partition coefficient (Wildman–Crippen LogP) is 26.3. The Morgan fingerprint density at radius 1 is 0.264 bits per heavy atom. The van der Waals surface area contributed by atoms with E-state index >= 15 is 0 Å². The normalized spacial score (nSPS) is 14.2. The maximum atomic E-state index is 13.2. The highest BCUT2D eigenvalue weighted by Crippen LogP contribution is 2.45. The van der Waals surface area contributed by atoms with Crippen molar-refractivity contribution in [3.8, 4) is 0 Å². The third kappa shape index (κ3) is 78.7. The van der Waals surface area contributed by atoms with Crippen LogP contribution in [-0.2, 0) is 65.4 Å². The average Bonchev–Trinajstić information content (AvgIpc) is 0.900. The van der Waals surface area contributed by atoms with E-state index in [1.165, 1.54) is 250 Å². The van der Waals surface area contributed by atoms with Gasteiger partial charge in [-0.2, -0.15) is 0 Å². The van der Waals surface area contributed by atoms with Gasteiger partial charge in [0.15, 0.2) is 12.2 Å². The van der Waals surface area contributed by atoms with Gasteiger partial charge in [-0.05, 0) is 49.4 Å². The quantitative estimate of drug-likeness (QED) is 0.0222. The lowest BCUT2D eigenvalue weighted by Crippen LogP contribution is -2.30. The fourth-order valence-corrected chi connectivity index (χ4v) is 15.0. The van der Waals surface area contributed by atoms with E-state index in [1.54, 1.807) is 0 Å². The standard InChI is InChI=1S/C87H170O17P2/c1-9-80(8)66-58-50-42-34-28-22-18-19-25-31-37-45-54-62-70-86(91)103-82(73-97-84(89)67-59-51-43-35-29-23-16-12-10-14-20-26-32-39-47-55-63-77(2)3)75-101-105(93,94)99-71-81(88)72-100-106(95,96)102-76-83(74-98-85(90)68-60-52-46-38-41-49-57-65-79(6)7)104-87(92)69-61-53-44-36-30-24-17-13-11-15-21-27-33-40-48-56-64-78(4)5/h77-83,88H,9-76H2,1-8H3,(H,93,94)(H,95,96)/t80?,81?,82-,83-/m1/s1. The van der Waals surface area contributed by atoms with Crippen LogP contribution in [0.1, 0.15) is 453 Å². The van der Waals surface area contributed by atoms with Crippen LogP contribution in [0.25, 0.3) is 0 Å². The highest BCUT2D eigenvalue weighted by atomic mass is 31.2. The molecule has 0 aliphatic rings. The molecule has 0 spiro atoms. The Morgan fingerprint density at radius 3 is 0.670 bits per heavy atom. The lowest BCUT2D eigenvalue weighted by atomic mass is 9.99. The fourth-order valence-electron chi connectivity index (χ4n) is 13.5. The van der Waals surface area contributed by atoms with Gasteiger partial charge in [0.2, 0.25) is 0 Å². The molecular weight excluding hydrogens is 1380 g/mol. The van der Waals surface area contributed by atoms with Crippen LogP contribution < -0.4 is 0 Å². The third-order valence-corrected chi connectivity index (χ3v) is 22.6. The second-order valence-corrected chi connectivity index (χ2v) is 35.9. The number of carbonyl (C=O) groups excluding carboxylic acids is 4. The molecule has 0 aromatic rings. The minimum absolute atomic E-state index is 0.107. The van der Waals surface area contributed by atoms with Crippen LogP contribution in [0.2, 0.25) is 0 Å².